The Morgan fingerprint density at radius 3 is 2.24 bits per heavy atom. The van der Waals surface area contributed by atoms with E-state index < -0.39 is 23.9 Å². The van der Waals surface area contributed by atoms with E-state index in [1.165, 1.54) is 37.5 Å². The van der Waals surface area contributed by atoms with Crippen molar-refractivity contribution < 1.29 is 33.0 Å². The van der Waals surface area contributed by atoms with E-state index in [-0.39, 0.29) is 54.2 Å². The molecule has 2 aromatic carbocycles. The van der Waals surface area contributed by atoms with E-state index in [9.17, 15) is 23.6 Å². The molecule has 1 N–H and O–H groups in total. The summed E-state index contributed by atoms with van der Waals surface area (Å²) in [5.74, 6) is -2.24. The molecule has 0 saturated carbocycles. The Kier molecular flexibility index (Phi) is 13.2. The van der Waals surface area contributed by atoms with Gasteiger partial charge in [0.15, 0.2) is 6.10 Å². The van der Waals surface area contributed by atoms with Gasteiger partial charge in [-0.25, -0.2) is 9.37 Å². The van der Waals surface area contributed by atoms with E-state index >= 15 is 0 Å². The molecule has 1 aromatic heterocycles. The molecule has 0 fully saturated rings. The number of hydrogen-bond acceptors (Lipinski definition) is 8. The van der Waals surface area contributed by atoms with Gasteiger partial charge in [0, 0.05) is 37.9 Å². The zero-order valence-electron chi connectivity index (χ0n) is 26.6. The molecule has 9 nitrogen and oxygen atoms in total. The third-order valence-electron chi connectivity index (χ3n) is 7.62. The predicted molar refractivity (Wildman–Crippen MR) is 170 cm³/mol. The maximum absolute atomic E-state index is 13.4. The number of nitrogens with zero attached hydrogens (tertiary/aromatic N) is 2. The largest absolute Gasteiger partial charge is 0.469 e. The number of carbonyl (C=O) groups is 4. The van der Waals surface area contributed by atoms with Crippen molar-refractivity contribution in [2.75, 3.05) is 14.2 Å². The summed E-state index contributed by atoms with van der Waals surface area (Å²) < 4.78 is 23.9. The number of halogens is 1. The summed E-state index contributed by atoms with van der Waals surface area (Å²) in [6.45, 7) is 7.01. The quantitative estimate of drug-likeness (QED) is 0.217. The average Bonchev–Trinajstić information content (AvgIpc) is 3.50. The van der Waals surface area contributed by atoms with Crippen LogP contribution < -0.4 is 5.32 Å². The SMILES string of the molecule is COC(=O)[C@@H](C)C[C@H](Cc1ccccc1)NC(=O)c1csc([C@@H](CC(C(C)C)N(C)C(=O)Cc2ccc(F)cc2)OC(C)=O)n1. The van der Waals surface area contributed by atoms with Gasteiger partial charge in [-0.05, 0) is 42.0 Å². The predicted octanol–water partition coefficient (Wildman–Crippen LogP) is 5.54. The zero-order chi connectivity index (χ0) is 33.1. The molecule has 3 rings (SSSR count). The number of likely N-dealkylation sites (N-methyl/N-ethyl adjacent to an activating group) is 1. The monoisotopic (exact) mass is 639 g/mol. The van der Waals surface area contributed by atoms with Crippen molar-refractivity contribution >= 4 is 35.1 Å². The van der Waals surface area contributed by atoms with Crippen LogP contribution in [0.1, 0.15) is 73.3 Å². The number of carbonyl (C=O) groups excluding carboxylic acids is 4. The van der Waals surface area contributed by atoms with Gasteiger partial charge in [-0.15, -0.1) is 11.3 Å². The molecular weight excluding hydrogens is 597 g/mol. The number of rotatable bonds is 15. The number of aromatic nitrogens is 1. The first-order chi connectivity index (χ1) is 21.4. The number of methoxy groups -OCH3 is 1. The molecule has 2 amide bonds. The van der Waals surface area contributed by atoms with Gasteiger partial charge in [-0.1, -0.05) is 63.2 Å². The Labute approximate surface area is 268 Å². The summed E-state index contributed by atoms with van der Waals surface area (Å²) in [4.78, 5) is 57.0. The highest BCUT2D eigenvalue weighted by molar-refractivity contribution is 7.09. The highest BCUT2D eigenvalue weighted by Gasteiger charge is 2.31. The van der Waals surface area contributed by atoms with Crippen LogP contribution in [0.25, 0.3) is 0 Å². The molecule has 242 valence electrons. The van der Waals surface area contributed by atoms with Crippen LogP contribution in [0.5, 0.6) is 0 Å². The van der Waals surface area contributed by atoms with Crippen molar-refractivity contribution in [2.24, 2.45) is 11.8 Å². The first-order valence-corrected chi connectivity index (χ1v) is 15.8. The van der Waals surface area contributed by atoms with E-state index in [4.69, 9.17) is 9.47 Å². The Hall–Kier alpha value is -4.12. The number of benzene rings is 2. The lowest BCUT2D eigenvalue weighted by Gasteiger charge is -2.33. The highest BCUT2D eigenvalue weighted by Crippen LogP contribution is 2.30. The third-order valence-corrected chi connectivity index (χ3v) is 8.56. The van der Waals surface area contributed by atoms with Gasteiger partial charge in [-0.2, -0.15) is 0 Å². The summed E-state index contributed by atoms with van der Waals surface area (Å²) in [5, 5.41) is 5.06. The van der Waals surface area contributed by atoms with Crippen molar-refractivity contribution in [3.63, 3.8) is 0 Å². The zero-order valence-corrected chi connectivity index (χ0v) is 27.4. The summed E-state index contributed by atoms with van der Waals surface area (Å²) in [7, 11) is 3.04. The normalized spacial score (nSPS) is 13.8. The smallest absolute Gasteiger partial charge is 0.308 e. The standard InChI is InChI=1S/C34H42FN3O6S/c1-21(2)29(38(5)31(40)18-25-12-14-26(35)15-13-25)19-30(44-23(4)39)33-37-28(20-45-33)32(41)36-27(16-22(3)34(42)43-6)17-24-10-8-7-9-11-24/h7-15,20-22,27,29-30H,16-19H2,1-6H3,(H,36,41)/t22-,27+,29?,30+/m0/s1. The second-order valence-electron chi connectivity index (χ2n) is 11.5. The molecule has 0 bridgehead atoms. The highest BCUT2D eigenvalue weighted by atomic mass is 32.1. The number of nitrogens with one attached hydrogen (secondary N) is 1. The van der Waals surface area contributed by atoms with Gasteiger partial charge >= 0.3 is 11.9 Å². The summed E-state index contributed by atoms with van der Waals surface area (Å²) in [6.07, 6.45) is 0.454. The fourth-order valence-corrected chi connectivity index (χ4v) is 6.04. The van der Waals surface area contributed by atoms with Crippen LogP contribution in [-0.2, 0) is 36.7 Å². The first-order valence-electron chi connectivity index (χ1n) is 14.9. The van der Waals surface area contributed by atoms with Crippen LogP contribution in [0.3, 0.4) is 0 Å². The molecule has 1 unspecified atom stereocenters. The second kappa shape index (κ2) is 16.8. The number of ether oxygens (including phenoxy) is 2. The van der Waals surface area contributed by atoms with E-state index in [1.54, 1.807) is 36.4 Å². The van der Waals surface area contributed by atoms with Gasteiger partial charge in [0.2, 0.25) is 5.91 Å². The van der Waals surface area contributed by atoms with Crippen LogP contribution >= 0.6 is 11.3 Å². The molecule has 3 aromatic rings. The number of esters is 2. The minimum atomic E-state index is -0.790. The summed E-state index contributed by atoms with van der Waals surface area (Å²) in [6, 6.07) is 14.8. The second-order valence-corrected chi connectivity index (χ2v) is 12.4. The van der Waals surface area contributed by atoms with Gasteiger partial charge in [0.05, 0.1) is 19.4 Å². The van der Waals surface area contributed by atoms with Gasteiger partial charge < -0.3 is 19.7 Å². The van der Waals surface area contributed by atoms with E-state index in [0.29, 0.717) is 23.4 Å². The number of amides is 2. The average molecular weight is 640 g/mol. The first kappa shape index (κ1) is 35.4. The molecule has 0 aliphatic rings. The topological polar surface area (TPSA) is 115 Å². The summed E-state index contributed by atoms with van der Waals surface area (Å²) in [5.41, 5.74) is 1.86. The van der Waals surface area contributed by atoms with Crippen LogP contribution in [0.4, 0.5) is 4.39 Å². The molecule has 1 heterocycles. The lowest BCUT2D eigenvalue weighted by atomic mass is 9.95. The van der Waals surface area contributed by atoms with Crippen LogP contribution in [0, 0.1) is 17.7 Å². The molecule has 0 saturated heterocycles. The Bertz CT molecular complexity index is 1430. The van der Waals surface area contributed by atoms with Crippen molar-refractivity contribution in [2.45, 2.75) is 71.6 Å². The lowest BCUT2D eigenvalue weighted by Crippen LogP contribution is -2.42. The van der Waals surface area contributed by atoms with E-state index in [2.05, 4.69) is 10.3 Å². The van der Waals surface area contributed by atoms with Crippen molar-refractivity contribution in [3.8, 4) is 0 Å². The maximum Gasteiger partial charge on any atom is 0.308 e. The van der Waals surface area contributed by atoms with Crippen LogP contribution in [0.15, 0.2) is 60.0 Å². The van der Waals surface area contributed by atoms with E-state index in [0.717, 1.165) is 5.56 Å². The molecule has 0 aliphatic carbocycles. The number of thiazole rings is 1. The van der Waals surface area contributed by atoms with Crippen LogP contribution in [0.2, 0.25) is 0 Å². The van der Waals surface area contributed by atoms with Crippen molar-refractivity contribution in [1.29, 1.82) is 0 Å². The Morgan fingerprint density at radius 2 is 1.64 bits per heavy atom. The Morgan fingerprint density at radius 1 is 0.978 bits per heavy atom. The Balaban J connectivity index is 1.77. The minimum absolute atomic E-state index is 0.00324. The van der Waals surface area contributed by atoms with Gasteiger partial charge in [0.1, 0.15) is 16.5 Å². The molecule has 45 heavy (non-hydrogen) atoms. The molecule has 4 atom stereocenters. The fraction of sp³-hybridized carbons (Fsp3) is 0.441. The van der Waals surface area contributed by atoms with E-state index in [1.807, 2.05) is 44.2 Å². The van der Waals surface area contributed by atoms with Crippen LogP contribution in [-0.4, -0.2) is 59.9 Å². The van der Waals surface area contributed by atoms with Crippen molar-refractivity contribution in [1.82, 2.24) is 15.2 Å². The molecule has 11 heteroatoms. The van der Waals surface area contributed by atoms with Gasteiger partial charge in [0.25, 0.3) is 5.91 Å². The minimum Gasteiger partial charge on any atom is -0.469 e. The van der Waals surface area contributed by atoms with Gasteiger partial charge in [-0.3, -0.25) is 19.2 Å². The maximum atomic E-state index is 13.4. The molecule has 0 spiro atoms. The third kappa shape index (κ3) is 10.8. The molecule has 0 aliphatic heterocycles. The lowest BCUT2D eigenvalue weighted by molar-refractivity contribution is -0.148. The number of hydrogen-bond donors (Lipinski definition) is 1. The van der Waals surface area contributed by atoms with Crippen molar-refractivity contribution in [3.05, 3.63) is 87.6 Å². The molecular formula is C34H42FN3O6S. The summed E-state index contributed by atoms with van der Waals surface area (Å²) >= 11 is 1.20. The molecule has 0 radical (unpaired) electrons. The fourth-order valence-electron chi connectivity index (χ4n) is 5.20.